The first-order chi connectivity index (χ1) is 7.84. The van der Waals surface area contributed by atoms with E-state index in [4.69, 9.17) is 0 Å². The fraction of sp³-hybridized carbons (Fsp3) is 0.500. The Kier molecular flexibility index (Phi) is 4.48. The Morgan fingerprint density at radius 2 is 2.12 bits per heavy atom. The van der Waals surface area contributed by atoms with Gasteiger partial charge < -0.3 is 5.32 Å². The van der Waals surface area contributed by atoms with Crippen molar-refractivity contribution in [1.82, 2.24) is 4.90 Å². The smallest absolute Gasteiger partial charge is 0.125 e. The van der Waals surface area contributed by atoms with Crippen molar-refractivity contribution in [2.75, 3.05) is 43.0 Å². The van der Waals surface area contributed by atoms with Gasteiger partial charge in [-0.2, -0.15) is 11.8 Å². The predicted molar refractivity (Wildman–Crippen MR) is 68.7 cm³/mol. The summed E-state index contributed by atoms with van der Waals surface area (Å²) in [7, 11) is 0. The van der Waals surface area contributed by atoms with Crippen molar-refractivity contribution in [1.29, 1.82) is 0 Å². The maximum Gasteiger partial charge on any atom is 0.125 e. The maximum atomic E-state index is 12.9. The summed E-state index contributed by atoms with van der Waals surface area (Å²) in [6, 6.07) is 6.63. The molecule has 1 aliphatic heterocycles. The number of rotatable bonds is 4. The molecule has 1 aromatic carbocycles. The summed E-state index contributed by atoms with van der Waals surface area (Å²) < 4.78 is 12.9. The molecule has 1 aromatic rings. The molecule has 0 saturated carbocycles. The molecule has 0 bridgehead atoms. The van der Waals surface area contributed by atoms with Crippen molar-refractivity contribution in [2.45, 2.75) is 0 Å². The number of thioether (sulfide) groups is 1. The fourth-order valence-electron chi connectivity index (χ4n) is 1.78. The topological polar surface area (TPSA) is 15.3 Å². The van der Waals surface area contributed by atoms with E-state index in [0.717, 1.165) is 18.8 Å². The van der Waals surface area contributed by atoms with Crippen LogP contribution in [0.1, 0.15) is 0 Å². The van der Waals surface area contributed by atoms with Crippen LogP contribution in [0.25, 0.3) is 0 Å². The summed E-state index contributed by atoms with van der Waals surface area (Å²) >= 11 is 2.02. The first-order valence-electron chi connectivity index (χ1n) is 5.64. The second-order valence-corrected chi connectivity index (χ2v) is 5.12. The number of anilines is 1. The summed E-state index contributed by atoms with van der Waals surface area (Å²) in [5.41, 5.74) is 0.867. The van der Waals surface area contributed by atoms with E-state index in [1.54, 1.807) is 6.07 Å². The molecule has 1 heterocycles. The van der Waals surface area contributed by atoms with Crippen LogP contribution >= 0.6 is 11.8 Å². The fourth-order valence-corrected chi connectivity index (χ4v) is 2.76. The second-order valence-electron chi connectivity index (χ2n) is 3.89. The Hall–Kier alpha value is -0.740. The zero-order valence-electron chi connectivity index (χ0n) is 9.29. The number of hydrogen-bond donors (Lipinski definition) is 1. The number of hydrogen-bond acceptors (Lipinski definition) is 3. The molecule has 2 nitrogen and oxygen atoms in total. The van der Waals surface area contributed by atoms with Crippen molar-refractivity contribution in [3.63, 3.8) is 0 Å². The third-order valence-electron chi connectivity index (χ3n) is 2.69. The number of nitrogens with one attached hydrogen (secondary N) is 1. The largest absolute Gasteiger partial charge is 0.384 e. The minimum atomic E-state index is -0.181. The van der Waals surface area contributed by atoms with E-state index in [1.807, 2.05) is 17.8 Å². The summed E-state index contributed by atoms with van der Waals surface area (Å²) in [5, 5.41) is 3.24. The quantitative estimate of drug-likeness (QED) is 0.869. The lowest BCUT2D eigenvalue weighted by molar-refractivity contribution is 0.314. The van der Waals surface area contributed by atoms with E-state index in [-0.39, 0.29) is 5.82 Å². The highest BCUT2D eigenvalue weighted by Gasteiger charge is 2.08. The molecule has 16 heavy (non-hydrogen) atoms. The van der Waals surface area contributed by atoms with Crippen LogP contribution in [0.2, 0.25) is 0 Å². The van der Waals surface area contributed by atoms with E-state index in [2.05, 4.69) is 10.2 Å². The molecule has 0 radical (unpaired) electrons. The average molecular weight is 240 g/mol. The molecule has 0 spiro atoms. The molecular formula is C12H17FN2S. The zero-order chi connectivity index (χ0) is 11.2. The molecular weight excluding hydrogens is 223 g/mol. The van der Waals surface area contributed by atoms with Gasteiger partial charge in [0.2, 0.25) is 0 Å². The SMILES string of the molecule is Fc1cccc(NCCN2CCSCC2)c1. The highest BCUT2D eigenvalue weighted by Crippen LogP contribution is 2.10. The Morgan fingerprint density at radius 3 is 2.88 bits per heavy atom. The van der Waals surface area contributed by atoms with Crippen LogP contribution in [-0.2, 0) is 0 Å². The molecule has 1 fully saturated rings. The van der Waals surface area contributed by atoms with Crippen LogP contribution in [0.3, 0.4) is 0 Å². The van der Waals surface area contributed by atoms with Gasteiger partial charge in [-0.05, 0) is 18.2 Å². The van der Waals surface area contributed by atoms with Gasteiger partial charge in [-0.25, -0.2) is 4.39 Å². The molecule has 1 saturated heterocycles. The molecule has 88 valence electrons. The minimum Gasteiger partial charge on any atom is -0.384 e. The predicted octanol–water partition coefficient (Wildman–Crippen LogP) is 2.29. The molecule has 1 aliphatic rings. The van der Waals surface area contributed by atoms with Gasteiger partial charge in [-0.15, -0.1) is 0 Å². The Balaban J connectivity index is 1.71. The second kappa shape index (κ2) is 6.11. The lowest BCUT2D eigenvalue weighted by atomic mass is 10.3. The lowest BCUT2D eigenvalue weighted by Gasteiger charge is -2.26. The van der Waals surface area contributed by atoms with Gasteiger partial charge in [0.15, 0.2) is 0 Å². The Bertz CT molecular complexity index is 327. The third kappa shape index (κ3) is 3.68. The van der Waals surface area contributed by atoms with Gasteiger partial charge in [0.25, 0.3) is 0 Å². The molecule has 4 heteroatoms. The Labute approximate surface area is 100 Å². The van der Waals surface area contributed by atoms with E-state index in [9.17, 15) is 4.39 Å². The van der Waals surface area contributed by atoms with Crippen LogP contribution < -0.4 is 5.32 Å². The van der Waals surface area contributed by atoms with Crippen molar-refractivity contribution >= 4 is 17.4 Å². The highest BCUT2D eigenvalue weighted by molar-refractivity contribution is 7.99. The van der Waals surface area contributed by atoms with Crippen molar-refractivity contribution in [2.24, 2.45) is 0 Å². The van der Waals surface area contributed by atoms with Crippen LogP contribution in [0, 0.1) is 5.82 Å². The van der Waals surface area contributed by atoms with E-state index in [0.29, 0.717) is 0 Å². The van der Waals surface area contributed by atoms with Gasteiger partial charge >= 0.3 is 0 Å². The summed E-state index contributed by atoms with van der Waals surface area (Å²) in [6.07, 6.45) is 0. The molecule has 2 rings (SSSR count). The number of halogens is 1. The van der Waals surface area contributed by atoms with Gasteiger partial charge in [0, 0.05) is 43.4 Å². The molecule has 1 N–H and O–H groups in total. The molecule has 0 aromatic heterocycles. The van der Waals surface area contributed by atoms with Crippen LogP contribution in [0.5, 0.6) is 0 Å². The monoisotopic (exact) mass is 240 g/mol. The van der Waals surface area contributed by atoms with Crippen molar-refractivity contribution < 1.29 is 4.39 Å². The normalized spacial score (nSPS) is 17.3. The molecule has 0 unspecified atom stereocenters. The average Bonchev–Trinajstić information content (AvgIpc) is 2.30. The van der Waals surface area contributed by atoms with E-state index >= 15 is 0 Å². The van der Waals surface area contributed by atoms with Gasteiger partial charge in [0.1, 0.15) is 5.82 Å². The highest BCUT2D eigenvalue weighted by atomic mass is 32.2. The van der Waals surface area contributed by atoms with E-state index < -0.39 is 0 Å². The number of benzene rings is 1. The molecule has 0 amide bonds. The van der Waals surface area contributed by atoms with Crippen molar-refractivity contribution in [3.8, 4) is 0 Å². The zero-order valence-corrected chi connectivity index (χ0v) is 10.1. The van der Waals surface area contributed by atoms with Crippen LogP contribution in [0.15, 0.2) is 24.3 Å². The molecule has 0 aliphatic carbocycles. The van der Waals surface area contributed by atoms with Gasteiger partial charge in [-0.3, -0.25) is 4.90 Å². The molecule has 0 atom stereocenters. The van der Waals surface area contributed by atoms with Crippen molar-refractivity contribution in [3.05, 3.63) is 30.1 Å². The standard InChI is InChI=1S/C12H17FN2S/c13-11-2-1-3-12(10-11)14-4-5-15-6-8-16-9-7-15/h1-3,10,14H,4-9H2. The summed E-state index contributed by atoms with van der Waals surface area (Å²) in [4.78, 5) is 2.45. The summed E-state index contributed by atoms with van der Waals surface area (Å²) in [5.74, 6) is 2.29. The first kappa shape index (κ1) is 11.7. The van der Waals surface area contributed by atoms with Crippen LogP contribution in [0.4, 0.5) is 10.1 Å². The summed E-state index contributed by atoms with van der Waals surface area (Å²) in [6.45, 7) is 4.27. The van der Waals surface area contributed by atoms with Gasteiger partial charge in [-0.1, -0.05) is 6.07 Å². The first-order valence-corrected chi connectivity index (χ1v) is 6.79. The van der Waals surface area contributed by atoms with Crippen LogP contribution in [-0.4, -0.2) is 42.6 Å². The van der Waals surface area contributed by atoms with E-state index in [1.165, 1.54) is 36.7 Å². The third-order valence-corrected chi connectivity index (χ3v) is 3.63. The van der Waals surface area contributed by atoms with Gasteiger partial charge in [0.05, 0.1) is 0 Å². The maximum absolute atomic E-state index is 12.9. The Morgan fingerprint density at radius 1 is 1.31 bits per heavy atom. The minimum absolute atomic E-state index is 0.181. The number of nitrogens with zero attached hydrogens (tertiary/aromatic N) is 1. The lowest BCUT2D eigenvalue weighted by Crippen LogP contribution is -2.36.